The van der Waals surface area contributed by atoms with Crippen LogP contribution < -0.4 is 0 Å². The van der Waals surface area contributed by atoms with Gasteiger partial charge in [0, 0.05) is 15.2 Å². The molecule has 0 atom stereocenters. The van der Waals surface area contributed by atoms with Crippen LogP contribution in [0.3, 0.4) is 0 Å². The zero-order valence-electron chi connectivity index (χ0n) is 5.44. The Morgan fingerprint density at radius 3 is 3.18 bits per heavy atom. The minimum Gasteiger partial charge on any atom is -0.359 e. The molecule has 0 unspecified atom stereocenters. The molecular formula is C7H4ClIN2. The first kappa shape index (κ1) is 7.36. The minimum atomic E-state index is 0.537. The van der Waals surface area contributed by atoms with Crippen LogP contribution in [0.2, 0.25) is 5.15 Å². The van der Waals surface area contributed by atoms with Crippen molar-refractivity contribution >= 4 is 45.1 Å². The number of aromatic nitrogens is 2. The summed E-state index contributed by atoms with van der Waals surface area (Å²) in [7, 11) is 0. The van der Waals surface area contributed by atoms with Crippen molar-refractivity contribution in [2.24, 2.45) is 0 Å². The Labute approximate surface area is 82.1 Å². The van der Waals surface area contributed by atoms with Crippen molar-refractivity contribution < 1.29 is 0 Å². The van der Waals surface area contributed by atoms with Crippen molar-refractivity contribution in [3.05, 3.63) is 27.2 Å². The maximum Gasteiger partial charge on any atom is 0.129 e. The van der Waals surface area contributed by atoms with Crippen LogP contribution in [0.1, 0.15) is 0 Å². The predicted molar refractivity (Wildman–Crippen MR) is 53.8 cm³/mol. The van der Waals surface area contributed by atoms with Gasteiger partial charge in [-0.3, -0.25) is 0 Å². The van der Waals surface area contributed by atoms with E-state index in [1.807, 2.05) is 12.3 Å². The topological polar surface area (TPSA) is 28.7 Å². The number of halogens is 2. The quantitative estimate of drug-likeness (QED) is 0.582. The Morgan fingerprint density at radius 2 is 2.36 bits per heavy atom. The molecule has 0 radical (unpaired) electrons. The van der Waals surface area contributed by atoms with E-state index in [4.69, 9.17) is 11.6 Å². The van der Waals surface area contributed by atoms with E-state index in [9.17, 15) is 0 Å². The highest BCUT2D eigenvalue weighted by Gasteiger charge is 2.00. The Hall–Kier alpha value is -0.290. The molecule has 2 rings (SSSR count). The van der Waals surface area contributed by atoms with E-state index < -0.39 is 0 Å². The summed E-state index contributed by atoms with van der Waals surface area (Å²) in [6.07, 6.45) is 3.67. The second-order valence-electron chi connectivity index (χ2n) is 2.19. The lowest BCUT2D eigenvalue weighted by molar-refractivity contribution is 1.34. The molecule has 0 spiro atoms. The zero-order valence-corrected chi connectivity index (χ0v) is 8.35. The second-order valence-corrected chi connectivity index (χ2v) is 3.74. The van der Waals surface area contributed by atoms with Crippen LogP contribution in [0.5, 0.6) is 0 Å². The molecule has 1 N–H and O–H groups in total. The SMILES string of the molecule is Clc1cc2c(I)c[nH]c2cn1. The minimum absolute atomic E-state index is 0.537. The van der Waals surface area contributed by atoms with Crippen LogP contribution in [0.15, 0.2) is 18.5 Å². The molecule has 0 saturated carbocycles. The molecule has 11 heavy (non-hydrogen) atoms. The molecule has 56 valence electrons. The average molecular weight is 278 g/mol. The number of pyridine rings is 1. The molecule has 0 amide bonds. The van der Waals surface area contributed by atoms with E-state index in [0.29, 0.717) is 5.15 Å². The third kappa shape index (κ3) is 1.22. The van der Waals surface area contributed by atoms with E-state index in [0.717, 1.165) is 10.9 Å². The predicted octanol–water partition coefficient (Wildman–Crippen LogP) is 2.82. The van der Waals surface area contributed by atoms with Crippen molar-refractivity contribution in [1.29, 1.82) is 0 Å². The van der Waals surface area contributed by atoms with Gasteiger partial charge < -0.3 is 4.98 Å². The van der Waals surface area contributed by atoms with Crippen LogP contribution in [0.4, 0.5) is 0 Å². The van der Waals surface area contributed by atoms with Gasteiger partial charge in [-0.25, -0.2) is 4.98 Å². The largest absolute Gasteiger partial charge is 0.359 e. The molecule has 0 fully saturated rings. The molecule has 0 saturated heterocycles. The van der Waals surface area contributed by atoms with Gasteiger partial charge >= 0.3 is 0 Å². The highest BCUT2D eigenvalue weighted by atomic mass is 127. The summed E-state index contributed by atoms with van der Waals surface area (Å²) in [5, 5.41) is 1.67. The van der Waals surface area contributed by atoms with Gasteiger partial charge in [0.05, 0.1) is 11.7 Å². The number of rotatable bonds is 0. The summed E-state index contributed by atoms with van der Waals surface area (Å²) in [5.74, 6) is 0. The number of aromatic amines is 1. The summed E-state index contributed by atoms with van der Waals surface area (Å²) >= 11 is 7.97. The van der Waals surface area contributed by atoms with Gasteiger partial charge in [-0.15, -0.1) is 0 Å². The van der Waals surface area contributed by atoms with Gasteiger partial charge in [-0.1, -0.05) is 11.6 Å². The van der Waals surface area contributed by atoms with Crippen molar-refractivity contribution in [3.63, 3.8) is 0 Å². The molecule has 4 heteroatoms. The Kier molecular flexibility index (Phi) is 1.77. The monoisotopic (exact) mass is 278 g/mol. The maximum atomic E-state index is 5.72. The van der Waals surface area contributed by atoms with Gasteiger partial charge in [0.1, 0.15) is 5.15 Å². The van der Waals surface area contributed by atoms with Crippen LogP contribution in [-0.4, -0.2) is 9.97 Å². The second kappa shape index (κ2) is 2.64. The summed E-state index contributed by atoms with van der Waals surface area (Å²) in [5.41, 5.74) is 1.03. The van der Waals surface area contributed by atoms with Gasteiger partial charge in [-0.05, 0) is 28.7 Å². The maximum absolute atomic E-state index is 5.72. The molecule has 2 heterocycles. The lowest BCUT2D eigenvalue weighted by Gasteiger charge is -1.89. The molecule has 2 aromatic rings. The lowest BCUT2D eigenvalue weighted by atomic mass is 10.3. The van der Waals surface area contributed by atoms with E-state index in [-0.39, 0.29) is 0 Å². The van der Waals surface area contributed by atoms with Crippen molar-refractivity contribution in [2.45, 2.75) is 0 Å². The fourth-order valence-corrected chi connectivity index (χ4v) is 1.72. The van der Waals surface area contributed by atoms with Crippen molar-refractivity contribution in [1.82, 2.24) is 9.97 Å². The number of H-pyrrole nitrogens is 1. The molecule has 2 nitrogen and oxygen atoms in total. The van der Waals surface area contributed by atoms with Gasteiger partial charge in [0.2, 0.25) is 0 Å². The molecule has 0 aliphatic rings. The fraction of sp³-hybridized carbons (Fsp3) is 0. The smallest absolute Gasteiger partial charge is 0.129 e. The first-order chi connectivity index (χ1) is 5.27. The lowest BCUT2D eigenvalue weighted by Crippen LogP contribution is -1.74. The van der Waals surface area contributed by atoms with Crippen LogP contribution in [0, 0.1) is 3.57 Å². The van der Waals surface area contributed by atoms with Crippen molar-refractivity contribution in [3.8, 4) is 0 Å². The fourth-order valence-electron chi connectivity index (χ4n) is 0.961. The number of hydrogen-bond donors (Lipinski definition) is 1. The van der Waals surface area contributed by atoms with E-state index in [2.05, 4.69) is 32.6 Å². The highest BCUT2D eigenvalue weighted by molar-refractivity contribution is 14.1. The summed E-state index contributed by atoms with van der Waals surface area (Å²) in [6, 6.07) is 1.86. The van der Waals surface area contributed by atoms with Gasteiger partial charge in [-0.2, -0.15) is 0 Å². The average Bonchev–Trinajstić information content (AvgIpc) is 2.33. The zero-order chi connectivity index (χ0) is 7.84. The van der Waals surface area contributed by atoms with Gasteiger partial charge in [0.15, 0.2) is 0 Å². The molecule has 0 aliphatic heterocycles. The summed E-state index contributed by atoms with van der Waals surface area (Å²) in [4.78, 5) is 7.04. The number of fused-ring (bicyclic) bond motifs is 1. The third-order valence-electron chi connectivity index (χ3n) is 1.48. The molecule has 0 aliphatic carbocycles. The highest BCUT2D eigenvalue weighted by Crippen LogP contribution is 2.21. The van der Waals surface area contributed by atoms with Crippen LogP contribution in [-0.2, 0) is 0 Å². The first-order valence-corrected chi connectivity index (χ1v) is 4.51. The standard InChI is InChI=1S/C7H4ClIN2/c8-7-1-4-5(9)2-10-6(4)3-11-7/h1-3,10H. The molecular weight excluding hydrogens is 274 g/mol. The van der Waals surface area contributed by atoms with Gasteiger partial charge in [0.25, 0.3) is 0 Å². The molecule has 2 aromatic heterocycles. The summed E-state index contributed by atoms with van der Waals surface area (Å²) < 4.78 is 1.17. The molecule has 0 bridgehead atoms. The normalized spacial score (nSPS) is 10.7. The first-order valence-electron chi connectivity index (χ1n) is 3.05. The van der Waals surface area contributed by atoms with Crippen LogP contribution in [0.25, 0.3) is 10.9 Å². The Bertz CT molecular complexity index is 396. The number of nitrogens with zero attached hydrogens (tertiary/aromatic N) is 1. The van der Waals surface area contributed by atoms with E-state index in [1.165, 1.54) is 3.57 Å². The van der Waals surface area contributed by atoms with Crippen LogP contribution >= 0.6 is 34.2 Å². The summed E-state index contributed by atoms with van der Waals surface area (Å²) in [6.45, 7) is 0. The van der Waals surface area contributed by atoms with Crippen molar-refractivity contribution in [2.75, 3.05) is 0 Å². The van der Waals surface area contributed by atoms with E-state index >= 15 is 0 Å². The molecule has 0 aromatic carbocycles. The number of hydrogen-bond acceptors (Lipinski definition) is 1. The Morgan fingerprint density at radius 1 is 1.55 bits per heavy atom. The Balaban J connectivity index is 2.87. The number of nitrogens with one attached hydrogen (secondary N) is 1. The third-order valence-corrected chi connectivity index (χ3v) is 2.58. The van der Waals surface area contributed by atoms with E-state index in [1.54, 1.807) is 6.20 Å².